The zero-order valence-electron chi connectivity index (χ0n) is 11.9. The first-order chi connectivity index (χ1) is 10.8. The van der Waals surface area contributed by atoms with Crippen molar-refractivity contribution in [3.63, 3.8) is 0 Å². The monoisotopic (exact) mass is 286 g/mol. The Morgan fingerprint density at radius 1 is 0.864 bits per heavy atom. The van der Waals surface area contributed by atoms with Gasteiger partial charge < -0.3 is 4.57 Å². The zero-order chi connectivity index (χ0) is 15.4. The minimum atomic E-state index is -0.257. The van der Waals surface area contributed by atoms with Crippen molar-refractivity contribution in [2.45, 2.75) is 6.54 Å². The van der Waals surface area contributed by atoms with E-state index in [1.165, 1.54) is 0 Å². The molecule has 106 valence electrons. The lowest BCUT2D eigenvalue weighted by atomic mass is 10.1. The van der Waals surface area contributed by atoms with Crippen molar-refractivity contribution < 1.29 is 0 Å². The molecule has 0 atom stereocenters. The second-order valence-corrected chi connectivity index (χ2v) is 4.99. The molecule has 0 bridgehead atoms. The first-order valence-corrected chi connectivity index (χ1v) is 7.03. The molecule has 0 fully saturated rings. The zero-order valence-corrected chi connectivity index (χ0v) is 11.9. The number of rotatable bonds is 3. The summed E-state index contributed by atoms with van der Waals surface area (Å²) in [5, 5.41) is 9.11. The Labute approximate surface area is 128 Å². The summed E-state index contributed by atoms with van der Waals surface area (Å²) in [6.45, 7) is 0.444. The molecule has 3 heteroatoms. The predicted octanol–water partition coefficient (Wildman–Crippen LogP) is 3.44. The molecule has 0 spiro atoms. The molecule has 0 saturated carbocycles. The fourth-order valence-electron chi connectivity index (χ4n) is 2.45. The summed E-state index contributed by atoms with van der Waals surface area (Å²) in [7, 11) is 0. The molecule has 2 aromatic carbocycles. The largest absolute Gasteiger partial charge is 0.303 e. The Morgan fingerprint density at radius 3 is 2.14 bits per heavy atom. The van der Waals surface area contributed by atoms with Crippen LogP contribution in [-0.2, 0) is 6.54 Å². The van der Waals surface area contributed by atoms with Crippen LogP contribution in [0, 0.1) is 11.3 Å². The summed E-state index contributed by atoms with van der Waals surface area (Å²) in [5.74, 6) is 0. The van der Waals surface area contributed by atoms with Crippen molar-refractivity contribution in [2.24, 2.45) is 0 Å². The number of nitriles is 1. The van der Waals surface area contributed by atoms with Crippen LogP contribution in [-0.4, -0.2) is 4.57 Å². The topological polar surface area (TPSA) is 45.8 Å². The smallest absolute Gasteiger partial charge is 0.269 e. The SMILES string of the molecule is N#Cc1ccc(-c2ccccc2)n(Cc2ccccc2)c1=O. The molecule has 22 heavy (non-hydrogen) atoms. The van der Waals surface area contributed by atoms with Crippen LogP contribution in [0.15, 0.2) is 77.6 Å². The maximum Gasteiger partial charge on any atom is 0.269 e. The van der Waals surface area contributed by atoms with Gasteiger partial charge in [0.05, 0.1) is 12.2 Å². The Bertz CT molecular complexity index is 875. The van der Waals surface area contributed by atoms with Gasteiger partial charge in [-0.25, -0.2) is 0 Å². The molecule has 0 aliphatic carbocycles. The van der Waals surface area contributed by atoms with Crippen LogP contribution < -0.4 is 5.56 Å². The normalized spacial score (nSPS) is 10.1. The number of nitrogens with zero attached hydrogens (tertiary/aromatic N) is 2. The average molecular weight is 286 g/mol. The third kappa shape index (κ3) is 2.68. The lowest BCUT2D eigenvalue weighted by Gasteiger charge is -2.13. The summed E-state index contributed by atoms with van der Waals surface area (Å²) < 4.78 is 1.66. The molecule has 3 rings (SSSR count). The van der Waals surface area contributed by atoms with E-state index < -0.39 is 0 Å². The van der Waals surface area contributed by atoms with Gasteiger partial charge in [0.15, 0.2) is 0 Å². The van der Waals surface area contributed by atoms with E-state index >= 15 is 0 Å². The molecular formula is C19H14N2O. The van der Waals surface area contributed by atoms with Crippen LogP contribution in [0.4, 0.5) is 0 Å². The molecule has 0 N–H and O–H groups in total. The van der Waals surface area contributed by atoms with Crippen molar-refractivity contribution in [3.8, 4) is 17.3 Å². The summed E-state index contributed by atoms with van der Waals surface area (Å²) in [6.07, 6.45) is 0. The highest BCUT2D eigenvalue weighted by Crippen LogP contribution is 2.19. The fraction of sp³-hybridized carbons (Fsp3) is 0.0526. The lowest BCUT2D eigenvalue weighted by molar-refractivity contribution is 0.765. The van der Waals surface area contributed by atoms with Gasteiger partial charge >= 0.3 is 0 Å². The first-order valence-electron chi connectivity index (χ1n) is 7.03. The van der Waals surface area contributed by atoms with Gasteiger partial charge in [-0.2, -0.15) is 5.26 Å². The highest BCUT2D eigenvalue weighted by atomic mass is 16.1. The first kappa shape index (κ1) is 13.8. The average Bonchev–Trinajstić information content (AvgIpc) is 2.58. The van der Waals surface area contributed by atoms with Crippen molar-refractivity contribution >= 4 is 0 Å². The van der Waals surface area contributed by atoms with E-state index in [-0.39, 0.29) is 11.1 Å². The molecule has 0 radical (unpaired) electrons. The van der Waals surface area contributed by atoms with Gasteiger partial charge in [-0.15, -0.1) is 0 Å². The Hall–Kier alpha value is -3.12. The van der Waals surface area contributed by atoms with Crippen molar-refractivity contribution in [1.82, 2.24) is 4.57 Å². The molecule has 0 unspecified atom stereocenters. The number of benzene rings is 2. The maximum absolute atomic E-state index is 12.5. The van der Waals surface area contributed by atoms with E-state index in [1.54, 1.807) is 10.6 Å². The summed E-state index contributed by atoms with van der Waals surface area (Å²) in [4.78, 5) is 12.5. The summed E-state index contributed by atoms with van der Waals surface area (Å²) in [6, 6.07) is 24.9. The third-order valence-corrected chi connectivity index (χ3v) is 3.55. The third-order valence-electron chi connectivity index (χ3n) is 3.55. The van der Waals surface area contributed by atoms with Crippen LogP contribution in [0.3, 0.4) is 0 Å². The van der Waals surface area contributed by atoms with E-state index in [1.807, 2.05) is 72.8 Å². The van der Waals surface area contributed by atoms with Crippen LogP contribution in [0.2, 0.25) is 0 Å². The Kier molecular flexibility index (Phi) is 3.84. The van der Waals surface area contributed by atoms with Gasteiger partial charge in [0.25, 0.3) is 5.56 Å². The van der Waals surface area contributed by atoms with Gasteiger partial charge in [-0.3, -0.25) is 4.79 Å². The van der Waals surface area contributed by atoms with Crippen LogP contribution in [0.5, 0.6) is 0 Å². The molecule has 1 aromatic heterocycles. The molecular weight excluding hydrogens is 272 g/mol. The van der Waals surface area contributed by atoms with Gasteiger partial charge in [0, 0.05) is 0 Å². The number of pyridine rings is 1. The van der Waals surface area contributed by atoms with Gasteiger partial charge in [-0.05, 0) is 23.3 Å². The van der Waals surface area contributed by atoms with Gasteiger partial charge in [0.1, 0.15) is 11.6 Å². The van der Waals surface area contributed by atoms with E-state index in [2.05, 4.69) is 0 Å². The standard InChI is InChI=1S/C19H14N2O/c20-13-17-11-12-18(16-9-5-2-6-10-16)21(19(17)22)14-15-7-3-1-4-8-15/h1-12H,14H2. The van der Waals surface area contributed by atoms with E-state index in [9.17, 15) is 4.79 Å². The number of hydrogen-bond acceptors (Lipinski definition) is 2. The van der Waals surface area contributed by atoms with Crippen LogP contribution in [0.1, 0.15) is 11.1 Å². The van der Waals surface area contributed by atoms with Gasteiger partial charge in [-0.1, -0.05) is 60.7 Å². The molecule has 1 heterocycles. The molecule has 0 saturated heterocycles. The van der Waals surface area contributed by atoms with Crippen LogP contribution in [0.25, 0.3) is 11.3 Å². The highest BCUT2D eigenvalue weighted by molar-refractivity contribution is 5.60. The highest BCUT2D eigenvalue weighted by Gasteiger charge is 2.10. The minimum absolute atomic E-state index is 0.163. The Balaban J connectivity index is 2.17. The molecule has 0 amide bonds. The summed E-state index contributed by atoms with van der Waals surface area (Å²) >= 11 is 0. The molecule has 0 aliphatic rings. The second kappa shape index (κ2) is 6.11. The Morgan fingerprint density at radius 2 is 1.50 bits per heavy atom. The van der Waals surface area contributed by atoms with E-state index in [4.69, 9.17) is 5.26 Å². The minimum Gasteiger partial charge on any atom is -0.303 e. The van der Waals surface area contributed by atoms with E-state index in [0.29, 0.717) is 6.54 Å². The summed E-state index contributed by atoms with van der Waals surface area (Å²) in [5.41, 5.74) is 2.70. The molecule has 0 aliphatic heterocycles. The second-order valence-electron chi connectivity index (χ2n) is 4.99. The number of hydrogen-bond donors (Lipinski definition) is 0. The number of aromatic nitrogens is 1. The van der Waals surface area contributed by atoms with Crippen molar-refractivity contribution in [1.29, 1.82) is 5.26 Å². The van der Waals surface area contributed by atoms with Crippen molar-refractivity contribution in [2.75, 3.05) is 0 Å². The molecule has 3 aromatic rings. The fourth-order valence-corrected chi connectivity index (χ4v) is 2.45. The van der Waals surface area contributed by atoms with Gasteiger partial charge in [0.2, 0.25) is 0 Å². The maximum atomic E-state index is 12.5. The molecule has 3 nitrogen and oxygen atoms in total. The predicted molar refractivity (Wildman–Crippen MR) is 86.4 cm³/mol. The quantitative estimate of drug-likeness (QED) is 0.740. The van der Waals surface area contributed by atoms with E-state index in [0.717, 1.165) is 16.8 Å². The van der Waals surface area contributed by atoms with Crippen molar-refractivity contribution in [3.05, 3.63) is 94.3 Å². The van der Waals surface area contributed by atoms with Crippen LogP contribution >= 0.6 is 0 Å². The lowest BCUT2D eigenvalue weighted by Crippen LogP contribution is -2.24.